The molecule has 0 aromatic carbocycles. The average molecular weight is 261 g/mol. The predicted molar refractivity (Wildman–Crippen MR) is 69.1 cm³/mol. The number of rotatable bonds is 5. The van der Waals surface area contributed by atoms with Crippen molar-refractivity contribution in [2.75, 3.05) is 5.32 Å². The number of carboxylic acids is 1. The third-order valence-electron chi connectivity index (χ3n) is 2.82. The zero-order valence-electron chi connectivity index (χ0n) is 10.8. The second kappa shape index (κ2) is 5.51. The summed E-state index contributed by atoms with van der Waals surface area (Å²) in [7, 11) is 0. The SMILES string of the molecule is CCc1noc(C)c1CNc1cccc(C(=O)O)n1. The fourth-order valence-corrected chi connectivity index (χ4v) is 1.77. The Kier molecular flexibility index (Phi) is 3.79. The van der Waals surface area contributed by atoms with Gasteiger partial charge in [0, 0.05) is 12.1 Å². The lowest BCUT2D eigenvalue weighted by atomic mass is 10.1. The van der Waals surface area contributed by atoms with Crippen molar-refractivity contribution in [2.24, 2.45) is 0 Å². The lowest BCUT2D eigenvalue weighted by Gasteiger charge is -2.06. The zero-order valence-corrected chi connectivity index (χ0v) is 10.8. The van der Waals surface area contributed by atoms with Gasteiger partial charge in [0.25, 0.3) is 0 Å². The molecule has 0 atom stereocenters. The molecular weight excluding hydrogens is 246 g/mol. The summed E-state index contributed by atoms with van der Waals surface area (Å²) in [4.78, 5) is 14.8. The number of aromatic nitrogens is 2. The molecule has 2 N–H and O–H groups in total. The van der Waals surface area contributed by atoms with Crippen LogP contribution >= 0.6 is 0 Å². The average Bonchev–Trinajstić information content (AvgIpc) is 2.77. The van der Waals surface area contributed by atoms with E-state index in [2.05, 4.69) is 15.5 Å². The minimum atomic E-state index is -1.04. The Morgan fingerprint density at radius 3 is 2.95 bits per heavy atom. The van der Waals surface area contributed by atoms with Crippen molar-refractivity contribution >= 4 is 11.8 Å². The largest absolute Gasteiger partial charge is 0.477 e. The molecule has 100 valence electrons. The summed E-state index contributed by atoms with van der Waals surface area (Å²) in [5.41, 5.74) is 1.91. The fraction of sp³-hybridized carbons (Fsp3) is 0.308. The Labute approximate surface area is 110 Å². The highest BCUT2D eigenvalue weighted by molar-refractivity contribution is 5.85. The topological polar surface area (TPSA) is 88.2 Å². The van der Waals surface area contributed by atoms with E-state index in [1.807, 2.05) is 13.8 Å². The van der Waals surface area contributed by atoms with Crippen LogP contribution in [0, 0.1) is 6.92 Å². The normalized spacial score (nSPS) is 10.4. The molecule has 0 radical (unpaired) electrons. The van der Waals surface area contributed by atoms with Gasteiger partial charge in [0.2, 0.25) is 0 Å². The highest BCUT2D eigenvalue weighted by Crippen LogP contribution is 2.15. The number of aryl methyl sites for hydroxylation is 2. The monoisotopic (exact) mass is 261 g/mol. The quantitative estimate of drug-likeness (QED) is 0.858. The molecule has 0 fully saturated rings. The number of aromatic carboxylic acids is 1. The standard InChI is InChI=1S/C13H15N3O3/c1-3-10-9(8(2)19-16-10)7-14-12-6-4-5-11(15-12)13(17)18/h4-6H,3,7H2,1-2H3,(H,14,15)(H,17,18). The van der Waals surface area contributed by atoms with E-state index in [1.165, 1.54) is 6.07 Å². The molecule has 0 saturated carbocycles. The van der Waals surface area contributed by atoms with Crippen LogP contribution in [0.5, 0.6) is 0 Å². The summed E-state index contributed by atoms with van der Waals surface area (Å²) in [6.45, 7) is 4.36. The maximum absolute atomic E-state index is 10.8. The molecule has 0 aliphatic heterocycles. The van der Waals surface area contributed by atoms with Gasteiger partial charge < -0.3 is 14.9 Å². The number of nitrogens with zero attached hydrogens (tertiary/aromatic N) is 2. The van der Waals surface area contributed by atoms with Crippen molar-refractivity contribution in [3.63, 3.8) is 0 Å². The Morgan fingerprint density at radius 2 is 2.26 bits per heavy atom. The van der Waals surface area contributed by atoms with Gasteiger partial charge in [-0.25, -0.2) is 9.78 Å². The molecule has 0 saturated heterocycles. The summed E-state index contributed by atoms with van der Waals surface area (Å²) >= 11 is 0. The van der Waals surface area contributed by atoms with Gasteiger partial charge in [-0.2, -0.15) is 0 Å². The second-order valence-corrected chi connectivity index (χ2v) is 4.08. The summed E-state index contributed by atoms with van der Waals surface area (Å²) in [5, 5.41) is 15.9. The van der Waals surface area contributed by atoms with Gasteiger partial charge in [-0.15, -0.1) is 0 Å². The molecule has 0 aliphatic carbocycles. The molecule has 2 aromatic rings. The molecule has 0 aliphatic rings. The van der Waals surface area contributed by atoms with E-state index in [0.29, 0.717) is 12.4 Å². The van der Waals surface area contributed by atoms with Crippen molar-refractivity contribution in [3.05, 3.63) is 40.9 Å². The lowest BCUT2D eigenvalue weighted by Crippen LogP contribution is -2.07. The van der Waals surface area contributed by atoms with E-state index >= 15 is 0 Å². The van der Waals surface area contributed by atoms with E-state index in [0.717, 1.165) is 23.4 Å². The van der Waals surface area contributed by atoms with Crippen molar-refractivity contribution in [3.8, 4) is 0 Å². The Hall–Kier alpha value is -2.37. The minimum absolute atomic E-state index is 0.0164. The number of hydrogen-bond acceptors (Lipinski definition) is 5. The number of nitrogens with one attached hydrogen (secondary N) is 1. The first kappa shape index (κ1) is 13.1. The fourth-order valence-electron chi connectivity index (χ4n) is 1.77. The third-order valence-corrected chi connectivity index (χ3v) is 2.82. The van der Waals surface area contributed by atoms with E-state index in [-0.39, 0.29) is 5.69 Å². The van der Waals surface area contributed by atoms with E-state index < -0.39 is 5.97 Å². The molecule has 2 aromatic heterocycles. The number of carboxylic acid groups (broad SMARTS) is 1. The van der Waals surface area contributed by atoms with Crippen LogP contribution in [0.4, 0.5) is 5.82 Å². The van der Waals surface area contributed by atoms with Crippen LogP contribution in [0.3, 0.4) is 0 Å². The molecule has 6 nitrogen and oxygen atoms in total. The first-order chi connectivity index (χ1) is 9.11. The van der Waals surface area contributed by atoms with Crippen LogP contribution in [-0.4, -0.2) is 21.2 Å². The van der Waals surface area contributed by atoms with Gasteiger partial charge in [-0.05, 0) is 25.5 Å². The lowest BCUT2D eigenvalue weighted by molar-refractivity contribution is 0.0690. The molecule has 19 heavy (non-hydrogen) atoms. The van der Waals surface area contributed by atoms with Crippen LogP contribution in [0.2, 0.25) is 0 Å². The zero-order chi connectivity index (χ0) is 13.8. The Balaban J connectivity index is 2.12. The van der Waals surface area contributed by atoms with Crippen LogP contribution in [-0.2, 0) is 13.0 Å². The van der Waals surface area contributed by atoms with Crippen LogP contribution < -0.4 is 5.32 Å². The molecule has 2 rings (SSSR count). The van der Waals surface area contributed by atoms with Gasteiger partial charge in [-0.3, -0.25) is 0 Å². The molecule has 6 heteroatoms. The summed E-state index contributed by atoms with van der Waals surface area (Å²) in [5.74, 6) is 0.236. The van der Waals surface area contributed by atoms with Crippen LogP contribution in [0.15, 0.2) is 22.7 Å². The van der Waals surface area contributed by atoms with Crippen molar-refractivity contribution in [2.45, 2.75) is 26.8 Å². The van der Waals surface area contributed by atoms with Crippen molar-refractivity contribution < 1.29 is 14.4 Å². The molecule has 0 unspecified atom stereocenters. The number of carbonyl (C=O) groups is 1. The molecule has 0 spiro atoms. The number of hydrogen-bond donors (Lipinski definition) is 2. The third kappa shape index (κ3) is 2.90. The molecule has 0 amide bonds. The van der Waals surface area contributed by atoms with Crippen molar-refractivity contribution in [1.82, 2.24) is 10.1 Å². The smallest absolute Gasteiger partial charge is 0.354 e. The van der Waals surface area contributed by atoms with Gasteiger partial charge in [-0.1, -0.05) is 18.1 Å². The van der Waals surface area contributed by atoms with Gasteiger partial charge in [0.05, 0.1) is 5.69 Å². The number of anilines is 1. The van der Waals surface area contributed by atoms with E-state index in [9.17, 15) is 4.79 Å². The Morgan fingerprint density at radius 1 is 1.47 bits per heavy atom. The summed E-state index contributed by atoms with van der Waals surface area (Å²) < 4.78 is 5.13. The minimum Gasteiger partial charge on any atom is -0.477 e. The number of pyridine rings is 1. The van der Waals surface area contributed by atoms with E-state index in [1.54, 1.807) is 12.1 Å². The molecular formula is C13H15N3O3. The van der Waals surface area contributed by atoms with Crippen LogP contribution in [0.25, 0.3) is 0 Å². The van der Waals surface area contributed by atoms with Gasteiger partial charge >= 0.3 is 5.97 Å². The molecule has 0 bridgehead atoms. The maximum Gasteiger partial charge on any atom is 0.354 e. The first-order valence-corrected chi connectivity index (χ1v) is 6.00. The first-order valence-electron chi connectivity index (χ1n) is 6.00. The summed E-state index contributed by atoms with van der Waals surface area (Å²) in [6, 6.07) is 4.83. The van der Waals surface area contributed by atoms with Gasteiger partial charge in [0.15, 0.2) is 5.69 Å². The second-order valence-electron chi connectivity index (χ2n) is 4.08. The highest BCUT2D eigenvalue weighted by Gasteiger charge is 2.11. The maximum atomic E-state index is 10.8. The predicted octanol–water partition coefficient (Wildman–Crippen LogP) is 2.25. The van der Waals surface area contributed by atoms with E-state index in [4.69, 9.17) is 9.63 Å². The molecule has 2 heterocycles. The summed E-state index contributed by atoms with van der Waals surface area (Å²) in [6.07, 6.45) is 0.789. The van der Waals surface area contributed by atoms with Crippen LogP contribution in [0.1, 0.15) is 34.4 Å². The highest BCUT2D eigenvalue weighted by atomic mass is 16.5. The Bertz CT molecular complexity index is 593. The van der Waals surface area contributed by atoms with Gasteiger partial charge in [0.1, 0.15) is 11.6 Å². The van der Waals surface area contributed by atoms with Crippen molar-refractivity contribution in [1.29, 1.82) is 0 Å².